The molecule has 0 spiro atoms. The van der Waals surface area contributed by atoms with Crippen LogP contribution < -0.4 is 10.6 Å². The number of piperidine rings is 1. The first-order valence-corrected chi connectivity index (χ1v) is 9.71. The maximum absolute atomic E-state index is 13.1. The second-order valence-electron chi connectivity index (χ2n) is 7.22. The average molecular weight is 369 g/mol. The molecule has 0 radical (unpaired) electrons. The van der Waals surface area contributed by atoms with Gasteiger partial charge in [0, 0.05) is 19.6 Å². The van der Waals surface area contributed by atoms with Gasteiger partial charge < -0.3 is 10.6 Å². The molecular formula is C22H28FN3O. The lowest BCUT2D eigenvalue weighted by Gasteiger charge is -2.32. The van der Waals surface area contributed by atoms with Crippen LogP contribution in [-0.2, 0) is 13.0 Å². The van der Waals surface area contributed by atoms with E-state index in [4.69, 9.17) is 0 Å². The highest BCUT2D eigenvalue weighted by Crippen LogP contribution is 2.18. The van der Waals surface area contributed by atoms with Gasteiger partial charge in [0.1, 0.15) is 5.82 Å². The van der Waals surface area contributed by atoms with Crippen LogP contribution in [-0.4, -0.2) is 37.1 Å². The molecule has 4 nitrogen and oxygen atoms in total. The first-order chi connectivity index (χ1) is 13.2. The van der Waals surface area contributed by atoms with Crippen molar-refractivity contribution in [2.24, 2.45) is 5.92 Å². The Morgan fingerprint density at radius 2 is 1.74 bits per heavy atom. The monoisotopic (exact) mass is 369 g/mol. The zero-order valence-corrected chi connectivity index (χ0v) is 15.7. The lowest BCUT2D eigenvalue weighted by atomic mass is 9.96. The van der Waals surface area contributed by atoms with E-state index in [1.165, 1.54) is 17.7 Å². The second kappa shape index (κ2) is 10.1. The van der Waals surface area contributed by atoms with Gasteiger partial charge in [-0.1, -0.05) is 42.5 Å². The Hall–Kier alpha value is -2.40. The third kappa shape index (κ3) is 6.68. The number of rotatable bonds is 7. The summed E-state index contributed by atoms with van der Waals surface area (Å²) in [5.41, 5.74) is 2.24. The van der Waals surface area contributed by atoms with Gasteiger partial charge in [0.25, 0.3) is 0 Å². The van der Waals surface area contributed by atoms with E-state index in [-0.39, 0.29) is 11.8 Å². The molecule has 5 heteroatoms. The van der Waals surface area contributed by atoms with E-state index in [2.05, 4.69) is 39.8 Å². The van der Waals surface area contributed by atoms with Gasteiger partial charge in [0.2, 0.25) is 0 Å². The van der Waals surface area contributed by atoms with Gasteiger partial charge in [-0.25, -0.2) is 9.18 Å². The fourth-order valence-corrected chi connectivity index (χ4v) is 3.50. The van der Waals surface area contributed by atoms with Crippen LogP contribution in [0, 0.1) is 11.7 Å². The molecule has 1 heterocycles. The molecule has 0 unspecified atom stereocenters. The summed E-state index contributed by atoms with van der Waals surface area (Å²) in [5, 5.41) is 5.82. The van der Waals surface area contributed by atoms with E-state index in [0.717, 1.165) is 38.0 Å². The van der Waals surface area contributed by atoms with Crippen molar-refractivity contribution in [3.8, 4) is 0 Å². The van der Waals surface area contributed by atoms with Crippen molar-refractivity contribution in [1.82, 2.24) is 15.5 Å². The summed E-state index contributed by atoms with van der Waals surface area (Å²) in [6, 6.07) is 16.9. The highest BCUT2D eigenvalue weighted by Gasteiger charge is 2.19. The molecule has 1 aliphatic rings. The topological polar surface area (TPSA) is 44.4 Å². The third-order valence-corrected chi connectivity index (χ3v) is 5.10. The number of nitrogens with zero attached hydrogens (tertiary/aromatic N) is 1. The largest absolute Gasteiger partial charge is 0.338 e. The number of carbonyl (C=O) groups excluding carboxylic acids is 1. The van der Waals surface area contributed by atoms with Crippen LogP contribution >= 0.6 is 0 Å². The Kier molecular flexibility index (Phi) is 7.22. The summed E-state index contributed by atoms with van der Waals surface area (Å²) in [6.07, 6.45) is 2.84. The molecule has 0 atom stereocenters. The molecule has 2 N–H and O–H groups in total. The van der Waals surface area contributed by atoms with Gasteiger partial charge in [0.15, 0.2) is 0 Å². The molecule has 2 amide bonds. The van der Waals surface area contributed by atoms with Gasteiger partial charge in [0.05, 0.1) is 0 Å². The number of benzene rings is 2. The molecule has 0 aliphatic carbocycles. The predicted octanol–water partition coefficient (Wildman–Crippen LogP) is 3.58. The van der Waals surface area contributed by atoms with E-state index in [1.54, 1.807) is 6.07 Å². The Morgan fingerprint density at radius 1 is 1.00 bits per heavy atom. The minimum absolute atomic E-state index is 0.141. The Labute approximate surface area is 160 Å². The number of hydrogen-bond acceptors (Lipinski definition) is 2. The second-order valence-corrected chi connectivity index (χ2v) is 7.22. The molecule has 0 aromatic heterocycles. The predicted molar refractivity (Wildman–Crippen MR) is 106 cm³/mol. The van der Waals surface area contributed by atoms with Gasteiger partial charge in [-0.2, -0.15) is 0 Å². The number of amides is 2. The average Bonchev–Trinajstić information content (AvgIpc) is 2.68. The Morgan fingerprint density at radius 3 is 2.48 bits per heavy atom. The molecule has 2 aromatic rings. The first kappa shape index (κ1) is 19.4. The number of hydrogen-bond donors (Lipinski definition) is 2. The van der Waals surface area contributed by atoms with Crippen molar-refractivity contribution in [3.63, 3.8) is 0 Å². The lowest BCUT2D eigenvalue weighted by molar-refractivity contribution is 0.175. The van der Waals surface area contributed by atoms with Gasteiger partial charge >= 0.3 is 6.03 Å². The van der Waals surface area contributed by atoms with E-state index in [1.807, 2.05) is 12.1 Å². The highest BCUT2D eigenvalue weighted by molar-refractivity contribution is 5.73. The Bertz CT molecular complexity index is 715. The fraction of sp³-hybridized carbons (Fsp3) is 0.409. The van der Waals surface area contributed by atoms with E-state index < -0.39 is 0 Å². The molecule has 3 rings (SSSR count). The van der Waals surface area contributed by atoms with Crippen molar-refractivity contribution < 1.29 is 9.18 Å². The minimum Gasteiger partial charge on any atom is -0.338 e. The normalized spacial score (nSPS) is 15.4. The van der Waals surface area contributed by atoms with E-state index >= 15 is 0 Å². The number of carbonyl (C=O) groups is 1. The first-order valence-electron chi connectivity index (χ1n) is 9.71. The third-order valence-electron chi connectivity index (χ3n) is 5.10. The maximum atomic E-state index is 13.1. The summed E-state index contributed by atoms with van der Waals surface area (Å²) in [5.74, 6) is 0.293. The van der Waals surface area contributed by atoms with Crippen LogP contribution in [0.3, 0.4) is 0 Å². The van der Waals surface area contributed by atoms with E-state index in [0.29, 0.717) is 25.4 Å². The quantitative estimate of drug-likeness (QED) is 0.784. The summed E-state index contributed by atoms with van der Waals surface area (Å²) >= 11 is 0. The zero-order chi connectivity index (χ0) is 18.9. The van der Waals surface area contributed by atoms with Crippen LogP contribution in [0.5, 0.6) is 0 Å². The van der Waals surface area contributed by atoms with Crippen molar-refractivity contribution in [3.05, 3.63) is 71.5 Å². The number of halogens is 1. The van der Waals surface area contributed by atoms with Crippen LogP contribution in [0.25, 0.3) is 0 Å². The van der Waals surface area contributed by atoms with E-state index in [9.17, 15) is 9.18 Å². The smallest absolute Gasteiger partial charge is 0.314 e. The van der Waals surface area contributed by atoms with Crippen LogP contribution in [0.4, 0.5) is 9.18 Å². The lowest BCUT2D eigenvalue weighted by Crippen LogP contribution is -2.42. The van der Waals surface area contributed by atoms with Crippen molar-refractivity contribution in [2.75, 3.05) is 26.2 Å². The summed E-state index contributed by atoms with van der Waals surface area (Å²) in [7, 11) is 0. The number of likely N-dealkylation sites (tertiary alicyclic amines) is 1. The molecule has 2 aromatic carbocycles. The molecule has 0 bridgehead atoms. The molecule has 1 saturated heterocycles. The van der Waals surface area contributed by atoms with Crippen molar-refractivity contribution in [1.29, 1.82) is 0 Å². The molecule has 144 valence electrons. The van der Waals surface area contributed by atoms with Crippen LogP contribution in [0.2, 0.25) is 0 Å². The van der Waals surface area contributed by atoms with Gasteiger partial charge in [-0.15, -0.1) is 0 Å². The van der Waals surface area contributed by atoms with Crippen LogP contribution in [0.15, 0.2) is 54.6 Å². The highest BCUT2D eigenvalue weighted by atomic mass is 19.1. The fourth-order valence-electron chi connectivity index (χ4n) is 3.50. The van der Waals surface area contributed by atoms with Crippen molar-refractivity contribution >= 4 is 6.03 Å². The van der Waals surface area contributed by atoms with Crippen molar-refractivity contribution in [2.45, 2.75) is 25.8 Å². The summed E-state index contributed by atoms with van der Waals surface area (Å²) in [4.78, 5) is 14.4. The maximum Gasteiger partial charge on any atom is 0.314 e. The van der Waals surface area contributed by atoms with Gasteiger partial charge in [-0.05, 0) is 61.5 Å². The summed E-state index contributed by atoms with van der Waals surface area (Å²) in [6.45, 7) is 4.36. The van der Waals surface area contributed by atoms with Crippen LogP contribution in [0.1, 0.15) is 24.0 Å². The summed E-state index contributed by atoms with van der Waals surface area (Å²) < 4.78 is 13.1. The molecule has 1 fully saturated rings. The Balaban J connectivity index is 1.28. The number of urea groups is 1. The molecular weight excluding hydrogens is 341 g/mol. The molecule has 0 saturated carbocycles. The zero-order valence-electron chi connectivity index (χ0n) is 15.7. The van der Waals surface area contributed by atoms with Gasteiger partial charge in [-0.3, -0.25) is 4.90 Å². The number of nitrogens with one attached hydrogen (secondary N) is 2. The molecule has 1 aliphatic heterocycles. The molecule has 27 heavy (non-hydrogen) atoms. The standard InChI is InChI=1S/C22H28FN3O/c23-21-8-4-7-18(15-21)9-12-24-22(27)25-16-19-10-13-26(14-11-19)17-20-5-2-1-3-6-20/h1-8,15,19H,9-14,16-17H2,(H2,24,25,27). The SMILES string of the molecule is O=C(NCCc1cccc(F)c1)NCC1CCN(Cc2ccccc2)CC1. The minimum atomic E-state index is -0.240.